The summed E-state index contributed by atoms with van der Waals surface area (Å²) in [5, 5.41) is 5.07. The first-order valence-electron chi connectivity index (χ1n) is 10.5. The average Bonchev–Trinajstić information content (AvgIpc) is 2.81. The molecule has 32 heavy (non-hydrogen) atoms. The number of benzene rings is 2. The van der Waals surface area contributed by atoms with Gasteiger partial charge >= 0.3 is 0 Å². The van der Waals surface area contributed by atoms with Crippen molar-refractivity contribution in [3.05, 3.63) is 81.6 Å². The highest BCUT2D eigenvalue weighted by Gasteiger charge is 2.22. The first-order valence-corrected chi connectivity index (χ1v) is 10.9. The average molecular weight is 453 g/mol. The highest BCUT2D eigenvalue weighted by Crippen LogP contribution is 2.24. The van der Waals surface area contributed by atoms with Crippen LogP contribution in [-0.4, -0.2) is 58.8 Å². The van der Waals surface area contributed by atoms with Crippen LogP contribution in [0, 0.1) is 0 Å². The third-order valence-corrected chi connectivity index (χ3v) is 5.82. The predicted molar refractivity (Wildman–Crippen MR) is 124 cm³/mol. The van der Waals surface area contributed by atoms with Crippen LogP contribution in [0.5, 0.6) is 5.75 Å². The van der Waals surface area contributed by atoms with Gasteiger partial charge in [-0.2, -0.15) is 5.10 Å². The van der Waals surface area contributed by atoms with Gasteiger partial charge in [0.1, 0.15) is 12.3 Å². The lowest BCUT2D eigenvalue weighted by atomic mass is 10.1. The molecule has 0 saturated carbocycles. The zero-order chi connectivity index (χ0) is 22.5. The molecule has 1 aliphatic rings. The van der Waals surface area contributed by atoms with E-state index >= 15 is 0 Å². The Hall–Kier alpha value is -3.16. The van der Waals surface area contributed by atoms with Gasteiger partial charge in [-0.05, 0) is 24.3 Å². The van der Waals surface area contributed by atoms with Crippen LogP contribution in [0.2, 0.25) is 5.02 Å². The molecule has 1 saturated heterocycles. The summed E-state index contributed by atoms with van der Waals surface area (Å²) in [6, 6.07) is 18.3. The van der Waals surface area contributed by atoms with Gasteiger partial charge in [-0.1, -0.05) is 41.9 Å². The van der Waals surface area contributed by atoms with Gasteiger partial charge in [0.15, 0.2) is 0 Å². The normalized spacial score (nSPS) is 14.4. The number of aromatic nitrogens is 2. The van der Waals surface area contributed by atoms with Crippen LogP contribution in [0.25, 0.3) is 11.3 Å². The summed E-state index contributed by atoms with van der Waals surface area (Å²) in [6.07, 6.45) is 0. The Labute approximate surface area is 191 Å². The van der Waals surface area contributed by atoms with Crippen LogP contribution in [0.15, 0.2) is 65.5 Å². The van der Waals surface area contributed by atoms with E-state index in [1.165, 1.54) is 10.7 Å². The number of amides is 1. The molecule has 0 N–H and O–H groups in total. The number of ether oxygens (including phenoxy) is 1. The molecular weight excluding hydrogens is 428 g/mol. The Kier molecular flexibility index (Phi) is 6.87. The molecule has 7 nitrogen and oxygen atoms in total. The van der Waals surface area contributed by atoms with E-state index in [1.54, 1.807) is 18.1 Å². The van der Waals surface area contributed by atoms with Crippen LogP contribution >= 0.6 is 11.6 Å². The largest absolute Gasteiger partial charge is 0.496 e. The first kappa shape index (κ1) is 22.0. The highest BCUT2D eigenvalue weighted by atomic mass is 35.5. The fourth-order valence-electron chi connectivity index (χ4n) is 3.82. The zero-order valence-electron chi connectivity index (χ0n) is 17.9. The Morgan fingerprint density at radius 3 is 2.50 bits per heavy atom. The molecule has 2 aromatic carbocycles. The van der Waals surface area contributed by atoms with Gasteiger partial charge in [0, 0.05) is 54.9 Å². The van der Waals surface area contributed by atoms with Crippen LogP contribution in [0.1, 0.15) is 5.56 Å². The zero-order valence-corrected chi connectivity index (χ0v) is 18.7. The van der Waals surface area contributed by atoms with E-state index in [0.717, 1.165) is 30.0 Å². The van der Waals surface area contributed by atoms with Crippen molar-refractivity contribution < 1.29 is 9.53 Å². The summed E-state index contributed by atoms with van der Waals surface area (Å²) >= 11 is 6.14. The smallest absolute Gasteiger partial charge is 0.267 e. The van der Waals surface area contributed by atoms with E-state index in [0.29, 0.717) is 30.4 Å². The van der Waals surface area contributed by atoms with Gasteiger partial charge in [-0.25, -0.2) is 4.68 Å². The number of rotatable bonds is 6. The molecule has 166 valence electrons. The Balaban J connectivity index is 1.37. The van der Waals surface area contributed by atoms with E-state index in [9.17, 15) is 9.59 Å². The highest BCUT2D eigenvalue weighted by molar-refractivity contribution is 6.30. The number of methoxy groups -OCH3 is 1. The second kappa shape index (κ2) is 9.97. The monoisotopic (exact) mass is 452 g/mol. The number of carbonyl (C=O) groups excluding carboxylic acids is 1. The Bertz CT molecular complexity index is 1140. The summed E-state index contributed by atoms with van der Waals surface area (Å²) in [5.74, 6) is 0.696. The number of carbonyl (C=O) groups is 1. The van der Waals surface area contributed by atoms with Gasteiger partial charge in [0.25, 0.3) is 5.56 Å². The molecule has 1 amide bonds. The lowest BCUT2D eigenvalue weighted by Gasteiger charge is -2.35. The number of nitrogens with zero attached hydrogens (tertiary/aromatic N) is 4. The van der Waals surface area contributed by atoms with Crippen molar-refractivity contribution in [3.8, 4) is 17.0 Å². The number of piperazine rings is 1. The maximum atomic E-state index is 12.8. The van der Waals surface area contributed by atoms with E-state index in [2.05, 4.69) is 10.00 Å². The minimum Gasteiger partial charge on any atom is -0.496 e. The molecule has 1 aromatic heterocycles. The lowest BCUT2D eigenvalue weighted by Crippen LogP contribution is -2.49. The summed E-state index contributed by atoms with van der Waals surface area (Å²) < 4.78 is 6.68. The second-order valence-electron chi connectivity index (χ2n) is 7.69. The van der Waals surface area contributed by atoms with Crippen LogP contribution < -0.4 is 10.3 Å². The van der Waals surface area contributed by atoms with Gasteiger partial charge in [-0.15, -0.1) is 0 Å². The molecule has 2 heterocycles. The maximum absolute atomic E-state index is 12.8. The second-order valence-corrected chi connectivity index (χ2v) is 8.13. The minimum atomic E-state index is -0.287. The summed E-state index contributed by atoms with van der Waals surface area (Å²) in [5.41, 5.74) is 2.30. The van der Waals surface area contributed by atoms with Gasteiger partial charge in [0.05, 0.1) is 12.8 Å². The van der Waals surface area contributed by atoms with E-state index in [4.69, 9.17) is 16.3 Å². The molecule has 0 radical (unpaired) electrons. The molecule has 4 rings (SSSR count). The van der Waals surface area contributed by atoms with Crippen LogP contribution in [-0.2, 0) is 17.9 Å². The number of halogens is 1. The van der Waals surface area contributed by atoms with Crippen molar-refractivity contribution in [2.24, 2.45) is 0 Å². The quantitative estimate of drug-likeness (QED) is 0.575. The molecule has 8 heteroatoms. The number of hydrogen-bond donors (Lipinski definition) is 0. The van der Waals surface area contributed by atoms with Gasteiger partial charge in [0.2, 0.25) is 5.91 Å². The van der Waals surface area contributed by atoms with E-state index in [1.807, 2.05) is 48.5 Å². The van der Waals surface area contributed by atoms with Gasteiger partial charge < -0.3 is 9.64 Å². The van der Waals surface area contributed by atoms with Crippen molar-refractivity contribution >= 4 is 17.5 Å². The maximum Gasteiger partial charge on any atom is 0.267 e. The standard InChI is InChI=1S/C24H25ClN4O3/c1-32-22-9-7-20(25)15-19(22)16-27-11-13-28(14-12-27)24(31)17-29-23(30)10-8-21(26-29)18-5-3-2-4-6-18/h2-10,15H,11-14,16-17H2,1H3. The summed E-state index contributed by atoms with van der Waals surface area (Å²) in [7, 11) is 1.64. The van der Waals surface area contributed by atoms with Crippen molar-refractivity contribution in [2.45, 2.75) is 13.1 Å². The van der Waals surface area contributed by atoms with Crippen molar-refractivity contribution in [2.75, 3.05) is 33.3 Å². The van der Waals surface area contributed by atoms with Crippen molar-refractivity contribution in [1.29, 1.82) is 0 Å². The first-order chi connectivity index (χ1) is 15.5. The third-order valence-electron chi connectivity index (χ3n) is 5.58. The Morgan fingerprint density at radius 2 is 1.78 bits per heavy atom. The molecule has 0 atom stereocenters. The van der Waals surface area contributed by atoms with Crippen molar-refractivity contribution in [3.63, 3.8) is 0 Å². The SMILES string of the molecule is COc1ccc(Cl)cc1CN1CCN(C(=O)Cn2nc(-c3ccccc3)ccc2=O)CC1. The molecule has 0 aliphatic carbocycles. The predicted octanol–water partition coefficient (Wildman–Crippen LogP) is 2.92. The third kappa shape index (κ3) is 5.18. The minimum absolute atomic E-state index is 0.0678. The Morgan fingerprint density at radius 1 is 1.03 bits per heavy atom. The van der Waals surface area contributed by atoms with E-state index in [-0.39, 0.29) is 18.0 Å². The van der Waals surface area contributed by atoms with Crippen molar-refractivity contribution in [1.82, 2.24) is 19.6 Å². The number of hydrogen-bond acceptors (Lipinski definition) is 5. The van der Waals surface area contributed by atoms with Crippen LogP contribution in [0.4, 0.5) is 0 Å². The van der Waals surface area contributed by atoms with Gasteiger partial charge in [-0.3, -0.25) is 14.5 Å². The molecule has 3 aromatic rings. The molecule has 1 fully saturated rings. The fraction of sp³-hybridized carbons (Fsp3) is 0.292. The molecular formula is C24H25ClN4O3. The molecule has 1 aliphatic heterocycles. The lowest BCUT2D eigenvalue weighted by molar-refractivity contribution is -0.133. The van der Waals surface area contributed by atoms with E-state index < -0.39 is 0 Å². The van der Waals surface area contributed by atoms with Crippen LogP contribution in [0.3, 0.4) is 0 Å². The summed E-state index contributed by atoms with van der Waals surface area (Å²) in [6.45, 7) is 3.28. The molecule has 0 bridgehead atoms. The summed E-state index contributed by atoms with van der Waals surface area (Å²) in [4.78, 5) is 29.2. The molecule has 0 unspecified atom stereocenters. The topological polar surface area (TPSA) is 67.7 Å². The fourth-order valence-corrected chi connectivity index (χ4v) is 4.01. The molecule has 0 spiro atoms.